The third-order valence-electron chi connectivity index (χ3n) is 5.96. The maximum absolute atomic E-state index is 12.8. The molecule has 4 nitrogen and oxygen atoms in total. The number of anilines is 1. The standard InChI is InChI=1S/C21H22N2O2/c1-22-14-2-4-16-17-5-3-15(11-19(17)21(24)18(16)10-14)25-20-12-23-8-6-13(20)7-9-23/h2-5,10-11,13,20,22H,6-9,12H2,1H3/t20-/m0/s1. The average molecular weight is 334 g/mol. The second-order valence-electron chi connectivity index (χ2n) is 7.34. The SMILES string of the molecule is CNc1ccc2c(c1)C(=O)c1cc(O[C@H]3CN4CCC3CC4)ccc1-2. The first kappa shape index (κ1) is 15.0. The van der Waals surface area contributed by atoms with Crippen molar-refractivity contribution in [2.75, 3.05) is 32.0 Å². The summed E-state index contributed by atoms with van der Waals surface area (Å²) in [6.07, 6.45) is 2.72. The summed E-state index contributed by atoms with van der Waals surface area (Å²) < 4.78 is 6.30. The molecule has 0 saturated carbocycles. The molecule has 3 aliphatic heterocycles. The Morgan fingerprint density at radius 2 is 1.72 bits per heavy atom. The molecule has 0 unspecified atom stereocenters. The smallest absolute Gasteiger partial charge is 0.194 e. The molecule has 0 spiro atoms. The zero-order valence-corrected chi connectivity index (χ0v) is 14.4. The Hall–Kier alpha value is -2.33. The van der Waals surface area contributed by atoms with E-state index in [2.05, 4.69) is 10.2 Å². The van der Waals surface area contributed by atoms with E-state index in [9.17, 15) is 4.79 Å². The van der Waals surface area contributed by atoms with Gasteiger partial charge >= 0.3 is 0 Å². The van der Waals surface area contributed by atoms with Crippen molar-refractivity contribution in [2.24, 2.45) is 5.92 Å². The number of carbonyl (C=O) groups is 1. The van der Waals surface area contributed by atoms with Crippen molar-refractivity contribution in [3.8, 4) is 16.9 Å². The summed E-state index contributed by atoms with van der Waals surface area (Å²) in [5.74, 6) is 1.58. The van der Waals surface area contributed by atoms with Gasteiger partial charge in [-0.2, -0.15) is 0 Å². The van der Waals surface area contributed by atoms with Gasteiger partial charge < -0.3 is 10.1 Å². The third-order valence-corrected chi connectivity index (χ3v) is 5.96. The van der Waals surface area contributed by atoms with Gasteiger partial charge in [0.2, 0.25) is 0 Å². The highest BCUT2D eigenvalue weighted by Gasteiger charge is 2.36. The minimum absolute atomic E-state index is 0.0986. The largest absolute Gasteiger partial charge is 0.489 e. The number of hydrogen-bond donors (Lipinski definition) is 1. The van der Waals surface area contributed by atoms with E-state index in [4.69, 9.17) is 4.74 Å². The summed E-state index contributed by atoms with van der Waals surface area (Å²) in [6, 6.07) is 12.0. The van der Waals surface area contributed by atoms with E-state index in [1.54, 1.807) is 0 Å². The number of nitrogens with zero attached hydrogens (tertiary/aromatic N) is 1. The number of ketones is 1. The van der Waals surface area contributed by atoms with Crippen LogP contribution in [0.15, 0.2) is 36.4 Å². The Bertz CT molecular complexity index is 853. The summed E-state index contributed by atoms with van der Waals surface area (Å²) in [5, 5.41) is 3.10. The summed E-state index contributed by atoms with van der Waals surface area (Å²) in [6.45, 7) is 3.42. The predicted octanol–water partition coefficient (Wildman–Crippen LogP) is 3.41. The van der Waals surface area contributed by atoms with Crippen molar-refractivity contribution in [3.05, 3.63) is 47.5 Å². The Morgan fingerprint density at radius 3 is 2.40 bits per heavy atom. The van der Waals surface area contributed by atoms with Crippen molar-refractivity contribution in [3.63, 3.8) is 0 Å². The van der Waals surface area contributed by atoms with Gasteiger partial charge in [-0.3, -0.25) is 9.69 Å². The van der Waals surface area contributed by atoms with Gasteiger partial charge in [0.15, 0.2) is 5.78 Å². The first-order valence-electron chi connectivity index (χ1n) is 9.13. The van der Waals surface area contributed by atoms with Crippen LogP contribution in [0.25, 0.3) is 11.1 Å². The fourth-order valence-electron chi connectivity index (χ4n) is 4.51. The highest BCUT2D eigenvalue weighted by Crippen LogP contribution is 2.40. The number of hydrogen-bond acceptors (Lipinski definition) is 4. The molecular formula is C21H22N2O2. The predicted molar refractivity (Wildman–Crippen MR) is 98.4 cm³/mol. The monoisotopic (exact) mass is 334 g/mol. The van der Waals surface area contributed by atoms with Gasteiger partial charge in [-0.15, -0.1) is 0 Å². The van der Waals surface area contributed by atoms with Crippen LogP contribution in [-0.2, 0) is 0 Å². The minimum atomic E-state index is 0.0986. The molecule has 2 aromatic rings. The average Bonchev–Trinajstić information content (AvgIpc) is 2.94. The van der Waals surface area contributed by atoms with E-state index in [1.807, 2.05) is 43.4 Å². The van der Waals surface area contributed by atoms with Crippen molar-refractivity contribution in [1.29, 1.82) is 0 Å². The summed E-state index contributed by atoms with van der Waals surface area (Å²) >= 11 is 0. The van der Waals surface area contributed by atoms with Gasteiger partial charge in [0.1, 0.15) is 11.9 Å². The number of rotatable bonds is 3. The number of carbonyl (C=O) groups excluding carboxylic acids is 1. The molecule has 25 heavy (non-hydrogen) atoms. The molecule has 0 aromatic heterocycles. The Labute approximate surface area is 147 Å². The van der Waals surface area contributed by atoms with Crippen LogP contribution in [-0.4, -0.2) is 43.5 Å². The van der Waals surface area contributed by atoms with Crippen LogP contribution < -0.4 is 10.1 Å². The van der Waals surface area contributed by atoms with Crippen LogP contribution in [0.2, 0.25) is 0 Å². The molecule has 4 aliphatic rings. The van der Waals surface area contributed by atoms with E-state index in [-0.39, 0.29) is 11.9 Å². The molecule has 1 aliphatic carbocycles. The second kappa shape index (κ2) is 5.60. The van der Waals surface area contributed by atoms with E-state index < -0.39 is 0 Å². The molecule has 4 heteroatoms. The van der Waals surface area contributed by atoms with E-state index in [0.29, 0.717) is 5.92 Å². The molecule has 3 saturated heterocycles. The van der Waals surface area contributed by atoms with E-state index in [0.717, 1.165) is 40.2 Å². The minimum Gasteiger partial charge on any atom is -0.489 e. The lowest BCUT2D eigenvalue weighted by Crippen LogP contribution is -2.52. The Kier molecular flexibility index (Phi) is 3.35. The maximum Gasteiger partial charge on any atom is 0.194 e. The molecule has 6 rings (SSSR count). The van der Waals surface area contributed by atoms with Crippen LogP contribution in [0.3, 0.4) is 0 Å². The van der Waals surface area contributed by atoms with Gasteiger partial charge in [-0.1, -0.05) is 6.07 Å². The number of piperidine rings is 3. The molecule has 1 atom stereocenters. The summed E-state index contributed by atoms with van der Waals surface area (Å²) in [5.41, 5.74) is 4.55. The van der Waals surface area contributed by atoms with Crippen molar-refractivity contribution in [1.82, 2.24) is 4.90 Å². The lowest BCUT2D eigenvalue weighted by atomic mass is 9.86. The first-order chi connectivity index (χ1) is 12.2. The number of ether oxygens (including phenoxy) is 1. The topological polar surface area (TPSA) is 41.6 Å². The van der Waals surface area contributed by atoms with Crippen molar-refractivity contribution in [2.45, 2.75) is 18.9 Å². The molecule has 0 radical (unpaired) electrons. The molecular weight excluding hydrogens is 312 g/mol. The molecule has 128 valence electrons. The Balaban J connectivity index is 1.44. The molecule has 2 bridgehead atoms. The van der Waals surface area contributed by atoms with Gasteiger partial charge in [-0.25, -0.2) is 0 Å². The first-order valence-corrected chi connectivity index (χ1v) is 9.13. The van der Waals surface area contributed by atoms with Gasteiger partial charge in [0.25, 0.3) is 0 Å². The molecule has 3 fully saturated rings. The highest BCUT2D eigenvalue weighted by molar-refractivity contribution is 6.22. The number of nitrogens with one attached hydrogen (secondary N) is 1. The molecule has 2 aromatic carbocycles. The van der Waals surface area contributed by atoms with Crippen LogP contribution in [0.1, 0.15) is 28.8 Å². The molecule has 1 N–H and O–H groups in total. The molecule has 0 amide bonds. The lowest BCUT2D eigenvalue weighted by molar-refractivity contribution is -0.00777. The fourth-order valence-corrected chi connectivity index (χ4v) is 4.51. The number of benzene rings is 2. The van der Waals surface area contributed by atoms with Crippen LogP contribution in [0.4, 0.5) is 5.69 Å². The van der Waals surface area contributed by atoms with E-state index in [1.165, 1.54) is 25.9 Å². The van der Waals surface area contributed by atoms with Crippen LogP contribution >= 0.6 is 0 Å². The van der Waals surface area contributed by atoms with Crippen molar-refractivity contribution < 1.29 is 9.53 Å². The zero-order valence-electron chi connectivity index (χ0n) is 14.4. The van der Waals surface area contributed by atoms with Crippen LogP contribution in [0.5, 0.6) is 5.75 Å². The lowest BCUT2D eigenvalue weighted by Gasteiger charge is -2.44. The summed E-state index contributed by atoms with van der Waals surface area (Å²) in [4.78, 5) is 15.3. The van der Waals surface area contributed by atoms with Crippen molar-refractivity contribution >= 4 is 11.5 Å². The third kappa shape index (κ3) is 2.35. The highest BCUT2D eigenvalue weighted by atomic mass is 16.5. The normalized spacial score (nSPS) is 26.3. The summed E-state index contributed by atoms with van der Waals surface area (Å²) in [7, 11) is 1.87. The number of fused-ring (bicyclic) bond motifs is 6. The van der Waals surface area contributed by atoms with Gasteiger partial charge in [0, 0.05) is 30.4 Å². The van der Waals surface area contributed by atoms with Gasteiger partial charge in [-0.05, 0) is 73.3 Å². The van der Waals surface area contributed by atoms with E-state index >= 15 is 0 Å². The quantitative estimate of drug-likeness (QED) is 0.797. The maximum atomic E-state index is 12.8. The fraction of sp³-hybridized carbons (Fsp3) is 0.381. The molecule has 3 heterocycles. The van der Waals surface area contributed by atoms with Gasteiger partial charge in [0.05, 0.1) is 0 Å². The zero-order chi connectivity index (χ0) is 17.0. The Morgan fingerprint density at radius 1 is 1.00 bits per heavy atom. The van der Waals surface area contributed by atoms with Crippen LogP contribution in [0, 0.1) is 5.92 Å². The second-order valence-corrected chi connectivity index (χ2v) is 7.34.